The van der Waals surface area contributed by atoms with E-state index in [1.165, 1.54) is 11.3 Å². The highest BCUT2D eigenvalue weighted by molar-refractivity contribution is 7.22. The van der Waals surface area contributed by atoms with Crippen LogP contribution in [-0.4, -0.2) is 27.2 Å². The number of hydrogen-bond donors (Lipinski definition) is 0. The Morgan fingerprint density at radius 3 is 2.63 bits per heavy atom. The van der Waals surface area contributed by atoms with Gasteiger partial charge in [0, 0.05) is 27.8 Å². The smallest absolute Gasteiger partial charge is 0.260 e. The second-order valence-electron chi connectivity index (χ2n) is 7.13. The minimum atomic E-state index is -0.151. The van der Waals surface area contributed by atoms with E-state index in [9.17, 15) is 4.79 Å². The number of thiazole rings is 1. The highest BCUT2D eigenvalue weighted by Crippen LogP contribution is 2.34. The van der Waals surface area contributed by atoms with Gasteiger partial charge in [0.2, 0.25) is 0 Å². The van der Waals surface area contributed by atoms with Crippen LogP contribution in [0.15, 0.2) is 42.5 Å². The summed E-state index contributed by atoms with van der Waals surface area (Å²) < 4.78 is 2.89. The predicted molar refractivity (Wildman–Crippen MR) is 124 cm³/mol. The molecular formula is C22H20Cl2N4OS. The number of aryl methyl sites for hydroxylation is 3. The molecule has 1 amide bonds. The molecule has 2 aromatic heterocycles. The number of benzene rings is 2. The Labute approximate surface area is 188 Å². The Morgan fingerprint density at radius 2 is 1.93 bits per heavy atom. The number of halogens is 2. The van der Waals surface area contributed by atoms with E-state index >= 15 is 0 Å². The van der Waals surface area contributed by atoms with Gasteiger partial charge in [0.05, 0.1) is 22.5 Å². The molecule has 0 aliphatic heterocycles. The van der Waals surface area contributed by atoms with Gasteiger partial charge in [-0.15, -0.1) is 0 Å². The summed E-state index contributed by atoms with van der Waals surface area (Å²) in [4.78, 5) is 19.9. The van der Waals surface area contributed by atoms with Crippen LogP contribution in [0.2, 0.25) is 10.0 Å². The van der Waals surface area contributed by atoms with Crippen LogP contribution in [-0.2, 0) is 6.54 Å². The number of carbonyl (C=O) groups is 1. The highest BCUT2D eigenvalue weighted by atomic mass is 35.5. The fourth-order valence-electron chi connectivity index (χ4n) is 3.36. The van der Waals surface area contributed by atoms with Gasteiger partial charge in [-0.3, -0.25) is 14.4 Å². The molecule has 0 atom stereocenters. The first kappa shape index (κ1) is 20.8. The Balaban J connectivity index is 1.73. The third-order valence-corrected chi connectivity index (χ3v) is 6.61. The van der Waals surface area contributed by atoms with E-state index in [1.54, 1.807) is 29.2 Å². The van der Waals surface area contributed by atoms with E-state index in [1.807, 2.05) is 43.7 Å². The van der Waals surface area contributed by atoms with Crippen molar-refractivity contribution in [3.63, 3.8) is 0 Å². The van der Waals surface area contributed by atoms with Gasteiger partial charge < -0.3 is 0 Å². The SMILES string of the molecule is Cc1cc(C)n(CCN(C(=O)c2cccc(Cl)c2)c2nc3c(C)c(Cl)ccc3s2)n1. The normalized spacial score (nSPS) is 11.2. The Morgan fingerprint density at radius 1 is 1.13 bits per heavy atom. The second kappa shape index (κ2) is 8.38. The standard InChI is InChI=1S/C22H20Cl2N4OS/c1-13-11-14(2)28(26-13)10-9-27(21(29)16-5-4-6-17(23)12-16)22-25-20-15(3)18(24)7-8-19(20)30-22/h4-8,11-12H,9-10H2,1-3H3. The quantitative estimate of drug-likeness (QED) is 0.364. The fourth-order valence-corrected chi connectivity index (χ4v) is 4.75. The molecule has 0 saturated heterocycles. The summed E-state index contributed by atoms with van der Waals surface area (Å²) in [6.07, 6.45) is 0. The highest BCUT2D eigenvalue weighted by Gasteiger charge is 2.22. The van der Waals surface area contributed by atoms with E-state index in [4.69, 9.17) is 28.2 Å². The zero-order chi connectivity index (χ0) is 21.4. The van der Waals surface area contributed by atoms with Gasteiger partial charge in [0.25, 0.3) is 5.91 Å². The molecule has 0 N–H and O–H groups in total. The van der Waals surface area contributed by atoms with Crippen molar-refractivity contribution < 1.29 is 4.79 Å². The number of nitrogens with zero attached hydrogens (tertiary/aromatic N) is 4. The molecule has 4 aromatic rings. The number of aromatic nitrogens is 3. The average Bonchev–Trinajstić information content (AvgIpc) is 3.28. The van der Waals surface area contributed by atoms with Crippen molar-refractivity contribution in [1.29, 1.82) is 0 Å². The van der Waals surface area contributed by atoms with Crippen molar-refractivity contribution in [2.45, 2.75) is 27.3 Å². The van der Waals surface area contributed by atoms with Gasteiger partial charge in [-0.1, -0.05) is 40.6 Å². The van der Waals surface area contributed by atoms with Gasteiger partial charge in [0.15, 0.2) is 5.13 Å². The van der Waals surface area contributed by atoms with Gasteiger partial charge in [-0.25, -0.2) is 4.98 Å². The molecule has 0 fully saturated rings. The number of amides is 1. The van der Waals surface area contributed by atoms with Crippen LogP contribution < -0.4 is 4.90 Å². The van der Waals surface area contributed by atoms with Crippen LogP contribution in [0.1, 0.15) is 27.3 Å². The second-order valence-corrected chi connectivity index (χ2v) is 8.99. The lowest BCUT2D eigenvalue weighted by molar-refractivity contribution is 0.0985. The first-order valence-electron chi connectivity index (χ1n) is 9.47. The molecular weight excluding hydrogens is 439 g/mol. The van der Waals surface area contributed by atoms with Crippen LogP contribution >= 0.6 is 34.5 Å². The summed E-state index contributed by atoms with van der Waals surface area (Å²) in [6.45, 7) is 6.89. The Hall–Kier alpha value is -2.41. The molecule has 0 saturated carbocycles. The van der Waals surface area contributed by atoms with Crippen LogP contribution in [0.4, 0.5) is 5.13 Å². The van der Waals surface area contributed by atoms with Crippen LogP contribution in [0, 0.1) is 20.8 Å². The van der Waals surface area contributed by atoms with Crippen LogP contribution in [0.5, 0.6) is 0 Å². The first-order valence-corrected chi connectivity index (χ1v) is 11.0. The van der Waals surface area contributed by atoms with Gasteiger partial charge in [0.1, 0.15) is 0 Å². The van der Waals surface area contributed by atoms with Crippen molar-refractivity contribution in [3.8, 4) is 0 Å². The molecule has 30 heavy (non-hydrogen) atoms. The predicted octanol–water partition coefficient (Wildman–Crippen LogP) is 6.07. The molecule has 2 heterocycles. The van der Waals surface area contributed by atoms with Crippen molar-refractivity contribution >= 4 is 55.8 Å². The molecule has 0 bridgehead atoms. The van der Waals surface area contributed by atoms with Crippen molar-refractivity contribution in [1.82, 2.24) is 14.8 Å². The van der Waals surface area contributed by atoms with Crippen molar-refractivity contribution in [2.75, 3.05) is 11.4 Å². The topological polar surface area (TPSA) is 51.0 Å². The van der Waals surface area contributed by atoms with Gasteiger partial charge >= 0.3 is 0 Å². The molecule has 154 valence electrons. The van der Waals surface area contributed by atoms with Crippen LogP contribution in [0.25, 0.3) is 10.2 Å². The maximum Gasteiger partial charge on any atom is 0.260 e. The maximum atomic E-state index is 13.4. The molecule has 5 nitrogen and oxygen atoms in total. The van der Waals surface area contributed by atoms with Crippen molar-refractivity contribution in [2.24, 2.45) is 0 Å². The summed E-state index contributed by atoms with van der Waals surface area (Å²) >= 11 is 13.9. The van der Waals surface area contributed by atoms with E-state index in [2.05, 4.69) is 5.10 Å². The van der Waals surface area contributed by atoms with E-state index in [-0.39, 0.29) is 5.91 Å². The number of anilines is 1. The molecule has 4 rings (SSSR count). The first-order chi connectivity index (χ1) is 14.3. The summed E-state index contributed by atoms with van der Waals surface area (Å²) in [5.41, 5.74) is 4.24. The van der Waals surface area contributed by atoms with E-state index in [0.717, 1.165) is 27.2 Å². The summed E-state index contributed by atoms with van der Waals surface area (Å²) in [5, 5.41) is 6.32. The Kier molecular flexibility index (Phi) is 5.82. The molecule has 0 spiro atoms. The van der Waals surface area contributed by atoms with Crippen molar-refractivity contribution in [3.05, 3.63) is 75.0 Å². The molecule has 0 unspecified atom stereocenters. The molecule has 8 heteroatoms. The van der Waals surface area contributed by atoms with Gasteiger partial charge in [-0.2, -0.15) is 5.10 Å². The van der Waals surface area contributed by atoms with E-state index < -0.39 is 0 Å². The lowest BCUT2D eigenvalue weighted by atomic mass is 10.2. The lowest BCUT2D eigenvalue weighted by Crippen LogP contribution is -2.34. The largest absolute Gasteiger partial charge is 0.282 e. The number of fused-ring (bicyclic) bond motifs is 1. The third-order valence-electron chi connectivity index (χ3n) is 4.92. The minimum absolute atomic E-state index is 0.151. The molecule has 0 radical (unpaired) electrons. The zero-order valence-corrected chi connectivity index (χ0v) is 19.1. The summed E-state index contributed by atoms with van der Waals surface area (Å²) in [7, 11) is 0. The fraction of sp³-hybridized carbons (Fsp3) is 0.227. The third kappa shape index (κ3) is 4.08. The monoisotopic (exact) mass is 458 g/mol. The maximum absolute atomic E-state index is 13.4. The number of rotatable bonds is 5. The van der Waals surface area contributed by atoms with Crippen LogP contribution in [0.3, 0.4) is 0 Å². The molecule has 2 aromatic carbocycles. The number of carbonyl (C=O) groups excluding carboxylic acids is 1. The van der Waals surface area contributed by atoms with Gasteiger partial charge in [-0.05, 0) is 62.7 Å². The molecule has 0 aliphatic carbocycles. The number of hydrogen-bond acceptors (Lipinski definition) is 4. The average molecular weight is 459 g/mol. The summed E-state index contributed by atoms with van der Waals surface area (Å²) in [5.74, 6) is -0.151. The zero-order valence-electron chi connectivity index (χ0n) is 16.8. The lowest BCUT2D eigenvalue weighted by Gasteiger charge is -2.20. The molecule has 0 aliphatic rings. The minimum Gasteiger partial charge on any atom is -0.282 e. The van der Waals surface area contributed by atoms with E-state index in [0.29, 0.717) is 33.8 Å². The Bertz CT molecular complexity index is 1250. The summed E-state index contributed by atoms with van der Waals surface area (Å²) in [6, 6.07) is 12.8.